The second-order valence-corrected chi connectivity index (χ2v) is 5.42. The van der Waals surface area contributed by atoms with E-state index in [9.17, 15) is 9.59 Å². The summed E-state index contributed by atoms with van der Waals surface area (Å²) >= 11 is 5.02. The first kappa shape index (κ1) is 17.7. The van der Waals surface area contributed by atoms with Crippen LogP contribution in [0.25, 0.3) is 6.08 Å². The average Bonchev–Trinajstić information content (AvgIpc) is 2.55. The van der Waals surface area contributed by atoms with E-state index in [1.54, 1.807) is 19.2 Å². The molecule has 7 heteroatoms. The molecule has 2 amide bonds. The number of amides is 2. The quantitative estimate of drug-likeness (QED) is 0.381. The summed E-state index contributed by atoms with van der Waals surface area (Å²) in [4.78, 5) is 26.0. The van der Waals surface area contributed by atoms with Crippen LogP contribution in [0.2, 0.25) is 0 Å². The van der Waals surface area contributed by atoms with Crippen molar-refractivity contribution < 1.29 is 19.1 Å². The summed E-state index contributed by atoms with van der Waals surface area (Å²) in [5.74, 6) is 0.175. The Morgan fingerprint density at radius 1 is 1.29 bits per heavy atom. The maximum absolute atomic E-state index is 12.5. The topological polar surface area (TPSA) is 67.9 Å². The van der Waals surface area contributed by atoms with Crippen LogP contribution in [0.4, 0.5) is 0 Å². The van der Waals surface area contributed by atoms with Crippen molar-refractivity contribution >= 4 is 35.2 Å². The molecule has 1 aliphatic heterocycles. The molecule has 1 aromatic carbocycles. The van der Waals surface area contributed by atoms with Crippen LogP contribution in [0.1, 0.15) is 11.1 Å². The standard InChI is InChI=1S/C17H18N2O4S/c1-5-8-19-16(21)12(15(20)18-17(19)24)9-11-6-7-13(22-3)10(2)14(11)23-4/h5-7,9H,1,8H2,2-4H3,(H,18,20,24). The molecule has 0 atom stereocenters. The van der Waals surface area contributed by atoms with Crippen LogP contribution >= 0.6 is 12.2 Å². The Bertz CT molecular complexity index is 755. The van der Waals surface area contributed by atoms with Crippen LogP contribution in [0.15, 0.2) is 30.4 Å². The molecule has 1 aliphatic rings. The van der Waals surface area contributed by atoms with Crippen molar-refractivity contribution in [2.45, 2.75) is 6.92 Å². The van der Waals surface area contributed by atoms with Crippen LogP contribution < -0.4 is 14.8 Å². The Hall–Kier alpha value is -2.67. The Morgan fingerprint density at radius 3 is 2.58 bits per heavy atom. The first-order valence-corrected chi connectivity index (χ1v) is 7.56. The normalized spacial score (nSPS) is 16.2. The molecule has 24 heavy (non-hydrogen) atoms. The summed E-state index contributed by atoms with van der Waals surface area (Å²) in [7, 11) is 3.08. The van der Waals surface area contributed by atoms with Crippen LogP contribution in [-0.4, -0.2) is 42.6 Å². The molecule has 0 bridgehead atoms. The fourth-order valence-corrected chi connectivity index (χ4v) is 2.69. The van der Waals surface area contributed by atoms with E-state index in [0.29, 0.717) is 17.1 Å². The lowest BCUT2D eigenvalue weighted by molar-refractivity contribution is -0.128. The molecule has 0 aromatic heterocycles. The van der Waals surface area contributed by atoms with Crippen molar-refractivity contribution in [2.75, 3.05) is 20.8 Å². The molecule has 0 radical (unpaired) electrons. The van der Waals surface area contributed by atoms with Gasteiger partial charge in [-0.05, 0) is 37.4 Å². The smallest absolute Gasteiger partial charge is 0.265 e. The molecule has 6 nitrogen and oxygen atoms in total. The van der Waals surface area contributed by atoms with Gasteiger partial charge in [0.05, 0.1) is 14.2 Å². The molecule has 1 heterocycles. The Balaban J connectivity index is 2.51. The monoisotopic (exact) mass is 346 g/mol. The number of carbonyl (C=O) groups is 2. The molecular weight excluding hydrogens is 328 g/mol. The van der Waals surface area contributed by atoms with Crippen molar-refractivity contribution in [3.8, 4) is 11.5 Å². The Labute approximate surface area is 145 Å². The fourth-order valence-electron chi connectivity index (χ4n) is 2.44. The highest BCUT2D eigenvalue weighted by Gasteiger charge is 2.32. The summed E-state index contributed by atoms with van der Waals surface area (Å²) in [6.45, 7) is 5.64. The zero-order valence-electron chi connectivity index (χ0n) is 13.7. The predicted octanol–water partition coefficient (Wildman–Crippen LogP) is 1.82. The zero-order chi connectivity index (χ0) is 17.9. The number of benzene rings is 1. The van der Waals surface area contributed by atoms with Gasteiger partial charge in [-0.15, -0.1) is 6.58 Å². The number of rotatable bonds is 5. The molecular formula is C17H18N2O4S. The highest BCUT2D eigenvalue weighted by molar-refractivity contribution is 7.80. The Morgan fingerprint density at radius 2 is 2.00 bits per heavy atom. The minimum atomic E-state index is -0.541. The minimum Gasteiger partial charge on any atom is -0.496 e. The van der Waals surface area contributed by atoms with Gasteiger partial charge in [-0.25, -0.2) is 0 Å². The van der Waals surface area contributed by atoms with E-state index in [0.717, 1.165) is 5.56 Å². The van der Waals surface area contributed by atoms with Gasteiger partial charge in [0.15, 0.2) is 5.11 Å². The van der Waals surface area contributed by atoms with Crippen LogP contribution in [-0.2, 0) is 9.59 Å². The molecule has 0 unspecified atom stereocenters. The van der Waals surface area contributed by atoms with Gasteiger partial charge >= 0.3 is 0 Å². The first-order valence-electron chi connectivity index (χ1n) is 7.16. The van der Waals surface area contributed by atoms with Gasteiger partial charge in [-0.2, -0.15) is 0 Å². The molecule has 1 N–H and O–H groups in total. The van der Waals surface area contributed by atoms with E-state index < -0.39 is 11.8 Å². The summed E-state index contributed by atoms with van der Waals surface area (Å²) < 4.78 is 10.7. The summed E-state index contributed by atoms with van der Waals surface area (Å²) in [6.07, 6.45) is 3.03. The second-order valence-electron chi connectivity index (χ2n) is 5.04. The molecule has 1 fully saturated rings. The lowest BCUT2D eigenvalue weighted by Crippen LogP contribution is -2.53. The van der Waals surface area contributed by atoms with Gasteiger partial charge in [0.25, 0.3) is 11.8 Å². The van der Waals surface area contributed by atoms with Crippen LogP contribution in [0.5, 0.6) is 11.5 Å². The summed E-state index contributed by atoms with van der Waals surface area (Å²) in [5, 5.41) is 2.57. The van der Waals surface area contributed by atoms with E-state index in [1.807, 2.05) is 6.92 Å². The highest BCUT2D eigenvalue weighted by atomic mass is 32.1. The molecule has 126 valence electrons. The third kappa shape index (κ3) is 3.16. The number of thiocarbonyl (C=S) groups is 1. The minimum absolute atomic E-state index is 0.0201. The summed E-state index contributed by atoms with van der Waals surface area (Å²) in [6, 6.07) is 3.48. The van der Waals surface area contributed by atoms with Crippen molar-refractivity contribution in [3.05, 3.63) is 41.5 Å². The number of nitrogens with one attached hydrogen (secondary N) is 1. The molecule has 1 aromatic rings. The van der Waals surface area contributed by atoms with Crippen molar-refractivity contribution in [3.63, 3.8) is 0 Å². The van der Waals surface area contributed by atoms with E-state index in [4.69, 9.17) is 21.7 Å². The molecule has 2 rings (SSSR count). The van der Waals surface area contributed by atoms with Crippen LogP contribution in [0.3, 0.4) is 0 Å². The van der Waals surface area contributed by atoms with Gasteiger partial charge in [-0.1, -0.05) is 6.08 Å². The third-order valence-electron chi connectivity index (χ3n) is 3.61. The third-order valence-corrected chi connectivity index (χ3v) is 3.93. The number of hydrogen-bond donors (Lipinski definition) is 1. The van der Waals surface area contributed by atoms with Gasteiger partial charge in [0, 0.05) is 17.7 Å². The molecule has 0 saturated carbocycles. The molecule has 1 saturated heterocycles. The summed E-state index contributed by atoms with van der Waals surface area (Å²) in [5.41, 5.74) is 1.35. The Kier molecular flexibility index (Phi) is 5.35. The number of hydrogen-bond acceptors (Lipinski definition) is 5. The van der Waals surface area contributed by atoms with E-state index in [1.165, 1.54) is 24.2 Å². The largest absolute Gasteiger partial charge is 0.496 e. The van der Waals surface area contributed by atoms with Crippen molar-refractivity contribution in [1.82, 2.24) is 10.2 Å². The van der Waals surface area contributed by atoms with Gasteiger partial charge in [0.1, 0.15) is 17.1 Å². The van der Waals surface area contributed by atoms with E-state index in [2.05, 4.69) is 11.9 Å². The second kappa shape index (κ2) is 7.27. The predicted molar refractivity (Wildman–Crippen MR) is 94.9 cm³/mol. The van der Waals surface area contributed by atoms with Crippen molar-refractivity contribution in [2.24, 2.45) is 0 Å². The number of carbonyl (C=O) groups excluding carboxylic acids is 2. The first-order chi connectivity index (χ1) is 11.4. The maximum atomic E-state index is 12.5. The highest BCUT2D eigenvalue weighted by Crippen LogP contribution is 2.33. The van der Waals surface area contributed by atoms with Crippen molar-refractivity contribution in [1.29, 1.82) is 0 Å². The van der Waals surface area contributed by atoms with E-state index >= 15 is 0 Å². The average molecular weight is 346 g/mol. The maximum Gasteiger partial charge on any atom is 0.265 e. The van der Waals surface area contributed by atoms with Gasteiger partial charge in [-0.3, -0.25) is 19.8 Å². The lowest BCUT2D eigenvalue weighted by atomic mass is 10.0. The van der Waals surface area contributed by atoms with Crippen LogP contribution in [0, 0.1) is 6.92 Å². The molecule has 0 aliphatic carbocycles. The van der Waals surface area contributed by atoms with E-state index in [-0.39, 0.29) is 17.2 Å². The molecule has 0 spiro atoms. The fraction of sp³-hybridized carbons (Fsp3) is 0.235. The zero-order valence-corrected chi connectivity index (χ0v) is 14.5. The SMILES string of the molecule is C=CCN1C(=O)C(=Cc2ccc(OC)c(C)c2OC)C(=O)NC1=S. The van der Waals surface area contributed by atoms with Gasteiger partial charge < -0.3 is 9.47 Å². The number of methoxy groups -OCH3 is 2. The van der Waals surface area contributed by atoms with Gasteiger partial charge in [0.2, 0.25) is 0 Å². The lowest BCUT2D eigenvalue weighted by Gasteiger charge is -2.28. The number of ether oxygens (including phenoxy) is 2. The number of nitrogens with zero attached hydrogens (tertiary/aromatic N) is 1.